The molecule has 0 fully saturated rings. The van der Waals surface area contributed by atoms with E-state index in [0.29, 0.717) is 5.75 Å². The van der Waals surface area contributed by atoms with Gasteiger partial charge in [-0.05, 0) is 36.8 Å². The molecule has 2 aromatic rings. The number of halogens is 3. The number of aromatic nitrogens is 1. The predicted octanol–water partition coefficient (Wildman–Crippen LogP) is 3.91. The maximum absolute atomic E-state index is 12.8. The molecule has 0 spiro atoms. The molecule has 0 aliphatic heterocycles. The molecule has 2 N–H and O–H groups in total. The molecular weight excluding hydrogens is 269 g/mol. The molecule has 20 heavy (non-hydrogen) atoms. The molecule has 1 heterocycles. The van der Waals surface area contributed by atoms with Gasteiger partial charge in [0.25, 0.3) is 0 Å². The first-order valence-corrected chi connectivity index (χ1v) is 5.93. The summed E-state index contributed by atoms with van der Waals surface area (Å²) in [6.07, 6.45) is -3.48. The number of rotatable bonds is 3. The van der Waals surface area contributed by atoms with Crippen molar-refractivity contribution in [2.45, 2.75) is 19.1 Å². The van der Waals surface area contributed by atoms with Crippen LogP contribution in [0, 0.1) is 0 Å². The number of pyridine rings is 1. The van der Waals surface area contributed by atoms with Gasteiger partial charge in [-0.3, -0.25) is 0 Å². The van der Waals surface area contributed by atoms with E-state index >= 15 is 0 Å². The zero-order valence-electron chi connectivity index (χ0n) is 10.7. The van der Waals surface area contributed by atoms with Gasteiger partial charge in [-0.15, -0.1) is 0 Å². The molecule has 0 amide bonds. The van der Waals surface area contributed by atoms with E-state index in [2.05, 4.69) is 4.98 Å². The predicted molar refractivity (Wildman–Crippen MR) is 68.4 cm³/mol. The summed E-state index contributed by atoms with van der Waals surface area (Å²) in [5.74, 6) is -0.0264. The molecule has 0 aliphatic carbocycles. The molecule has 106 valence electrons. The maximum Gasteiger partial charge on any atom is 0.437 e. The van der Waals surface area contributed by atoms with E-state index in [1.807, 2.05) is 6.92 Å². The van der Waals surface area contributed by atoms with Gasteiger partial charge >= 0.3 is 6.18 Å². The zero-order valence-corrected chi connectivity index (χ0v) is 10.7. The van der Waals surface area contributed by atoms with Crippen molar-refractivity contribution in [3.05, 3.63) is 53.9 Å². The van der Waals surface area contributed by atoms with E-state index in [4.69, 9.17) is 10.5 Å². The highest BCUT2D eigenvalue weighted by Gasteiger charge is 2.36. The van der Waals surface area contributed by atoms with Gasteiger partial charge in [0.05, 0.1) is 0 Å². The normalized spacial score (nSPS) is 13.1. The second kappa shape index (κ2) is 5.50. The summed E-state index contributed by atoms with van der Waals surface area (Å²) in [6.45, 7) is 1.82. The molecule has 0 radical (unpaired) electrons. The van der Waals surface area contributed by atoms with E-state index in [9.17, 15) is 13.2 Å². The topological polar surface area (TPSA) is 48.1 Å². The number of benzene rings is 1. The Morgan fingerprint density at radius 3 is 2.35 bits per heavy atom. The van der Waals surface area contributed by atoms with Crippen LogP contribution in [-0.2, 0) is 6.18 Å². The summed E-state index contributed by atoms with van der Waals surface area (Å²) in [6, 6.07) is 9.05. The summed E-state index contributed by atoms with van der Waals surface area (Å²) in [5, 5.41) is 0. The van der Waals surface area contributed by atoms with Crippen LogP contribution in [0.2, 0.25) is 0 Å². The minimum atomic E-state index is -4.55. The lowest BCUT2D eigenvalue weighted by molar-refractivity contribution is -0.142. The highest BCUT2D eigenvalue weighted by molar-refractivity contribution is 5.36. The van der Waals surface area contributed by atoms with Crippen LogP contribution in [0.5, 0.6) is 11.5 Å². The molecule has 1 unspecified atom stereocenters. The lowest BCUT2D eigenvalue weighted by Crippen LogP contribution is -2.09. The van der Waals surface area contributed by atoms with Crippen molar-refractivity contribution in [3.8, 4) is 11.5 Å². The van der Waals surface area contributed by atoms with E-state index < -0.39 is 11.9 Å². The minimum Gasteiger partial charge on any atom is -0.455 e. The molecule has 0 aliphatic rings. The molecule has 3 nitrogen and oxygen atoms in total. The quantitative estimate of drug-likeness (QED) is 0.928. The van der Waals surface area contributed by atoms with Crippen molar-refractivity contribution >= 4 is 0 Å². The summed E-state index contributed by atoms with van der Waals surface area (Å²) in [7, 11) is 0. The Morgan fingerprint density at radius 1 is 1.15 bits per heavy atom. The van der Waals surface area contributed by atoms with E-state index in [-0.39, 0.29) is 11.8 Å². The molecule has 1 atom stereocenters. The number of nitrogens with two attached hydrogens (primary N) is 1. The molecule has 1 aromatic carbocycles. The molecule has 0 saturated carbocycles. The SMILES string of the molecule is CC(N)c1ccc(Oc2cccnc2C(F)(F)F)cc1. The molecule has 1 aromatic heterocycles. The first kappa shape index (κ1) is 14.3. The third-order valence-corrected chi connectivity index (χ3v) is 2.67. The third kappa shape index (κ3) is 3.27. The number of nitrogens with zero attached hydrogens (tertiary/aromatic N) is 1. The van der Waals surface area contributed by atoms with Gasteiger partial charge in [0, 0.05) is 12.2 Å². The Morgan fingerprint density at radius 2 is 1.80 bits per heavy atom. The summed E-state index contributed by atoms with van der Waals surface area (Å²) in [4.78, 5) is 3.32. The van der Waals surface area contributed by atoms with Gasteiger partial charge in [-0.25, -0.2) is 4.98 Å². The number of hydrogen-bond donors (Lipinski definition) is 1. The summed E-state index contributed by atoms with van der Waals surface area (Å²) in [5.41, 5.74) is 5.53. The largest absolute Gasteiger partial charge is 0.455 e. The molecule has 0 saturated heterocycles. The fourth-order valence-corrected chi connectivity index (χ4v) is 1.65. The van der Waals surface area contributed by atoms with Gasteiger partial charge in [0.2, 0.25) is 0 Å². The summed E-state index contributed by atoms with van der Waals surface area (Å²) >= 11 is 0. The van der Waals surface area contributed by atoms with Crippen molar-refractivity contribution in [1.82, 2.24) is 4.98 Å². The van der Waals surface area contributed by atoms with Gasteiger partial charge in [-0.1, -0.05) is 12.1 Å². The fraction of sp³-hybridized carbons (Fsp3) is 0.214. The van der Waals surface area contributed by atoms with E-state index in [1.54, 1.807) is 24.3 Å². The van der Waals surface area contributed by atoms with E-state index in [0.717, 1.165) is 11.8 Å². The van der Waals surface area contributed by atoms with Crippen LogP contribution in [0.25, 0.3) is 0 Å². The van der Waals surface area contributed by atoms with Crippen LogP contribution in [0.4, 0.5) is 13.2 Å². The van der Waals surface area contributed by atoms with Crippen LogP contribution in [0.1, 0.15) is 24.2 Å². The number of alkyl halides is 3. The van der Waals surface area contributed by atoms with Gasteiger partial charge in [0.15, 0.2) is 11.4 Å². The average Bonchev–Trinajstić information content (AvgIpc) is 2.38. The van der Waals surface area contributed by atoms with Gasteiger partial charge < -0.3 is 10.5 Å². The molecule has 6 heteroatoms. The molecule has 0 bridgehead atoms. The minimum absolute atomic E-state index is 0.145. The second-order valence-electron chi connectivity index (χ2n) is 4.31. The third-order valence-electron chi connectivity index (χ3n) is 2.67. The Labute approximate surface area is 114 Å². The van der Waals surface area contributed by atoms with Crippen LogP contribution < -0.4 is 10.5 Å². The lowest BCUT2D eigenvalue weighted by Gasteiger charge is -2.13. The van der Waals surface area contributed by atoms with Gasteiger partial charge in [-0.2, -0.15) is 13.2 Å². The standard InChI is InChI=1S/C14H13F3N2O/c1-9(18)10-4-6-11(7-5-10)20-12-3-2-8-19-13(12)14(15,16)17/h2-9H,18H2,1H3. The number of ether oxygens (including phenoxy) is 1. The van der Waals surface area contributed by atoms with Crippen molar-refractivity contribution in [3.63, 3.8) is 0 Å². The Hall–Kier alpha value is -2.08. The number of hydrogen-bond acceptors (Lipinski definition) is 3. The maximum atomic E-state index is 12.8. The first-order valence-electron chi connectivity index (χ1n) is 5.93. The molecular formula is C14H13F3N2O. The highest BCUT2D eigenvalue weighted by atomic mass is 19.4. The van der Waals surface area contributed by atoms with Crippen LogP contribution in [0.3, 0.4) is 0 Å². The first-order chi connectivity index (χ1) is 9.38. The summed E-state index contributed by atoms with van der Waals surface area (Å²) < 4.78 is 43.5. The monoisotopic (exact) mass is 282 g/mol. The lowest BCUT2D eigenvalue weighted by atomic mass is 10.1. The van der Waals surface area contributed by atoms with E-state index in [1.165, 1.54) is 12.1 Å². The average molecular weight is 282 g/mol. The Kier molecular flexibility index (Phi) is 3.94. The fourth-order valence-electron chi connectivity index (χ4n) is 1.65. The smallest absolute Gasteiger partial charge is 0.437 e. The van der Waals surface area contributed by atoms with Crippen molar-refractivity contribution in [1.29, 1.82) is 0 Å². The Bertz CT molecular complexity index is 580. The van der Waals surface area contributed by atoms with Crippen molar-refractivity contribution < 1.29 is 17.9 Å². The van der Waals surface area contributed by atoms with Crippen molar-refractivity contribution in [2.75, 3.05) is 0 Å². The van der Waals surface area contributed by atoms with Crippen LogP contribution in [0.15, 0.2) is 42.6 Å². The van der Waals surface area contributed by atoms with Crippen LogP contribution >= 0.6 is 0 Å². The molecule has 2 rings (SSSR count). The van der Waals surface area contributed by atoms with Crippen LogP contribution in [-0.4, -0.2) is 4.98 Å². The van der Waals surface area contributed by atoms with Crippen molar-refractivity contribution in [2.24, 2.45) is 5.73 Å². The second-order valence-corrected chi connectivity index (χ2v) is 4.31. The van der Waals surface area contributed by atoms with Gasteiger partial charge in [0.1, 0.15) is 5.75 Å². The Balaban J connectivity index is 2.26. The highest BCUT2D eigenvalue weighted by Crippen LogP contribution is 2.36. The zero-order chi connectivity index (χ0) is 14.8.